The van der Waals surface area contributed by atoms with E-state index in [2.05, 4.69) is 46.6 Å². The smallest absolute Gasteiger partial charge is 0.135 e. The summed E-state index contributed by atoms with van der Waals surface area (Å²) in [5.41, 5.74) is 4.70. The molecule has 3 aromatic rings. The standard InChI is InChI=1S/C19H17N5/c1-13-6-5-9-16(14(13)2)23-18-10-19(22-12-21-18)24-17-8-4-3-7-15(17)11-20/h3-10,12H,1-2H3,(H2,21,22,23,24). The van der Waals surface area contributed by atoms with Crippen LogP contribution in [0.1, 0.15) is 16.7 Å². The second-order valence-electron chi connectivity index (χ2n) is 5.44. The van der Waals surface area contributed by atoms with E-state index < -0.39 is 0 Å². The van der Waals surface area contributed by atoms with Crippen molar-refractivity contribution >= 4 is 23.0 Å². The molecule has 3 rings (SSSR count). The first-order valence-electron chi connectivity index (χ1n) is 7.59. The second-order valence-corrected chi connectivity index (χ2v) is 5.44. The van der Waals surface area contributed by atoms with Gasteiger partial charge in [0, 0.05) is 11.8 Å². The minimum absolute atomic E-state index is 0.570. The van der Waals surface area contributed by atoms with Crippen LogP contribution in [-0.4, -0.2) is 9.97 Å². The van der Waals surface area contributed by atoms with Crippen LogP contribution >= 0.6 is 0 Å². The first-order chi connectivity index (χ1) is 11.7. The van der Waals surface area contributed by atoms with Gasteiger partial charge in [0.2, 0.25) is 0 Å². The second kappa shape index (κ2) is 6.80. The number of hydrogen-bond acceptors (Lipinski definition) is 5. The zero-order valence-electron chi connectivity index (χ0n) is 13.5. The van der Waals surface area contributed by atoms with Gasteiger partial charge < -0.3 is 10.6 Å². The van der Waals surface area contributed by atoms with Crippen molar-refractivity contribution in [1.29, 1.82) is 5.26 Å². The Labute approximate surface area is 141 Å². The van der Waals surface area contributed by atoms with Crippen LogP contribution in [0.5, 0.6) is 0 Å². The van der Waals surface area contributed by atoms with Crippen LogP contribution < -0.4 is 10.6 Å². The molecule has 0 atom stereocenters. The molecule has 0 saturated heterocycles. The quantitative estimate of drug-likeness (QED) is 0.744. The Bertz CT molecular complexity index is 912. The highest BCUT2D eigenvalue weighted by atomic mass is 15.1. The molecule has 0 bridgehead atoms. The highest BCUT2D eigenvalue weighted by Crippen LogP contribution is 2.24. The summed E-state index contributed by atoms with van der Waals surface area (Å²) in [7, 11) is 0. The molecule has 0 aliphatic heterocycles. The molecule has 2 aromatic carbocycles. The SMILES string of the molecule is Cc1cccc(Nc2cc(Nc3ccccc3C#N)ncn2)c1C. The zero-order chi connectivity index (χ0) is 16.9. The van der Waals surface area contributed by atoms with Crippen LogP contribution in [0.25, 0.3) is 0 Å². The number of para-hydroxylation sites is 1. The molecular weight excluding hydrogens is 298 g/mol. The molecule has 0 amide bonds. The summed E-state index contributed by atoms with van der Waals surface area (Å²) in [5.74, 6) is 1.32. The van der Waals surface area contributed by atoms with Gasteiger partial charge in [0.15, 0.2) is 0 Å². The first-order valence-corrected chi connectivity index (χ1v) is 7.59. The van der Waals surface area contributed by atoms with Gasteiger partial charge in [0.1, 0.15) is 24.0 Å². The van der Waals surface area contributed by atoms with Crippen LogP contribution in [0.15, 0.2) is 54.9 Å². The topological polar surface area (TPSA) is 73.6 Å². The fraction of sp³-hybridized carbons (Fsp3) is 0.105. The summed E-state index contributed by atoms with van der Waals surface area (Å²) in [5, 5.41) is 15.6. The lowest BCUT2D eigenvalue weighted by atomic mass is 10.1. The number of nitrogens with one attached hydrogen (secondary N) is 2. The van der Waals surface area contributed by atoms with Crippen molar-refractivity contribution in [2.75, 3.05) is 10.6 Å². The molecular formula is C19H17N5. The number of nitriles is 1. The summed E-state index contributed by atoms with van der Waals surface area (Å²) < 4.78 is 0. The molecule has 0 unspecified atom stereocenters. The van der Waals surface area contributed by atoms with Crippen LogP contribution in [0.3, 0.4) is 0 Å². The van der Waals surface area contributed by atoms with Gasteiger partial charge in [-0.15, -0.1) is 0 Å². The third kappa shape index (κ3) is 3.33. The molecule has 1 heterocycles. The van der Waals surface area contributed by atoms with E-state index in [-0.39, 0.29) is 0 Å². The fourth-order valence-electron chi connectivity index (χ4n) is 2.35. The molecule has 118 valence electrons. The Hall–Kier alpha value is -3.39. The Morgan fingerprint density at radius 2 is 1.54 bits per heavy atom. The summed E-state index contributed by atoms with van der Waals surface area (Å²) in [4.78, 5) is 8.48. The third-order valence-electron chi connectivity index (χ3n) is 3.84. The van der Waals surface area contributed by atoms with Gasteiger partial charge in [0.05, 0.1) is 11.3 Å². The maximum atomic E-state index is 9.17. The van der Waals surface area contributed by atoms with Gasteiger partial charge in [0.25, 0.3) is 0 Å². The van der Waals surface area contributed by atoms with Crippen LogP contribution in [0.2, 0.25) is 0 Å². The summed E-state index contributed by atoms with van der Waals surface area (Å²) in [6, 6.07) is 17.4. The number of aryl methyl sites for hydroxylation is 1. The van der Waals surface area contributed by atoms with Gasteiger partial charge in [-0.05, 0) is 43.2 Å². The average Bonchev–Trinajstić information content (AvgIpc) is 2.60. The molecule has 0 aliphatic carbocycles. The average molecular weight is 315 g/mol. The molecule has 1 aromatic heterocycles. The monoisotopic (exact) mass is 315 g/mol. The van der Waals surface area contributed by atoms with Gasteiger partial charge in [-0.3, -0.25) is 0 Å². The molecule has 5 heteroatoms. The predicted molar refractivity (Wildman–Crippen MR) is 95.7 cm³/mol. The number of nitrogens with zero attached hydrogens (tertiary/aromatic N) is 3. The van der Waals surface area contributed by atoms with Gasteiger partial charge in [-0.1, -0.05) is 24.3 Å². The summed E-state index contributed by atoms with van der Waals surface area (Å²) in [6.07, 6.45) is 1.49. The number of rotatable bonds is 4. The largest absolute Gasteiger partial charge is 0.340 e. The van der Waals surface area contributed by atoms with Crippen molar-refractivity contribution in [3.63, 3.8) is 0 Å². The fourth-order valence-corrected chi connectivity index (χ4v) is 2.35. The highest BCUT2D eigenvalue weighted by Gasteiger charge is 2.05. The Morgan fingerprint density at radius 1 is 0.875 bits per heavy atom. The number of aromatic nitrogens is 2. The van der Waals surface area contributed by atoms with Crippen molar-refractivity contribution in [2.45, 2.75) is 13.8 Å². The molecule has 5 nitrogen and oxygen atoms in total. The molecule has 24 heavy (non-hydrogen) atoms. The van der Waals surface area contributed by atoms with E-state index in [1.165, 1.54) is 17.5 Å². The summed E-state index contributed by atoms with van der Waals surface area (Å²) >= 11 is 0. The number of anilines is 4. The van der Waals surface area contributed by atoms with Crippen molar-refractivity contribution in [2.24, 2.45) is 0 Å². The van der Waals surface area contributed by atoms with E-state index in [1.807, 2.05) is 36.4 Å². The summed E-state index contributed by atoms with van der Waals surface area (Å²) in [6.45, 7) is 4.15. The van der Waals surface area contributed by atoms with Crippen molar-refractivity contribution in [3.8, 4) is 6.07 Å². The minimum Gasteiger partial charge on any atom is -0.340 e. The van der Waals surface area contributed by atoms with E-state index in [4.69, 9.17) is 5.26 Å². The third-order valence-corrected chi connectivity index (χ3v) is 3.84. The van der Waals surface area contributed by atoms with Crippen molar-refractivity contribution in [1.82, 2.24) is 9.97 Å². The molecule has 0 radical (unpaired) electrons. The maximum Gasteiger partial charge on any atom is 0.135 e. The number of benzene rings is 2. The Morgan fingerprint density at radius 3 is 2.29 bits per heavy atom. The lowest BCUT2D eigenvalue weighted by Crippen LogP contribution is -2.00. The van der Waals surface area contributed by atoms with Crippen molar-refractivity contribution in [3.05, 3.63) is 71.5 Å². The van der Waals surface area contributed by atoms with Gasteiger partial charge in [-0.25, -0.2) is 9.97 Å². The van der Waals surface area contributed by atoms with Crippen LogP contribution in [0.4, 0.5) is 23.0 Å². The molecule has 0 aliphatic rings. The van der Waals surface area contributed by atoms with E-state index in [0.29, 0.717) is 17.2 Å². The van der Waals surface area contributed by atoms with E-state index >= 15 is 0 Å². The molecule has 0 spiro atoms. The van der Waals surface area contributed by atoms with E-state index in [0.717, 1.165) is 11.4 Å². The Kier molecular flexibility index (Phi) is 4.39. The van der Waals surface area contributed by atoms with Gasteiger partial charge >= 0.3 is 0 Å². The normalized spacial score (nSPS) is 10.0. The minimum atomic E-state index is 0.570. The van der Waals surface area contributed by atoms with E-state index in [1.54, 1.807) is 6.07 Å². The Balaban J connectivity index is 1.84. The lowest BCUT2D eigenvalue weighted by molar-refractivity contribution is 1.16. The van der Waals surface area contributed by atoms with Crippen LogP contribution in [0, 0.1) is 25.2 Å². The maximum absolute atomic E-state index is 9.17. The number of hydrogen-bond donors (Lipinski definition) is 2. The van der Waals surface area contributed by atoms with E-state index in [9.17, 15) is 0 Å². The predicted octanol–water partition coefficient (Wildman–Crippen LogP) is 4.45. The highest BCUT2D eigenvalue weighted by molar-refractivity contribution is 5.68. The van der Waals surface area contributed by atoms with Gasteiger partial charge in [-0.2, -0.15) is 5.26 Å². The molecule has 2 N–H and O–H groups in total. The lowest BCUT2D eigenvalue weighted by Gasteiger charge is -2.12. The molecule has 0 fully saturated rings. The molecule has 0 saturated carbocycles. The van der Waals surface area contributed by atoms with Crippen molar-refractivity contribution < 1.29 is 0 Å². The zero-order valence-corrected chi connectivity index (χ0v) is 13.5. The van der Waals surface area contributed by atoms with Crippen LogP contribution in [-0.2, 0) is 0 Å². The first kappa shape index (κ1) is 15.5.